The van der Waals surface area contributed by atoms with Crippen molar-refractivity contribution in [3.63, 3.8) is 0 Å². The smallest absolute Gasteiger partial charge is 0.323 e. The number of carbonyl (C=O) groups excluding carboxylic acids is 1. The Bertz CT molecular complexity index is 238. The van der Waals surface area contributed by atoms with Crippen LogP contribution in [0.15, 0.2) is 0 Å². The van der Waals surface area contributed by atoms with E-state index in [-0.39, 0.29) is 12.0 Å². The lowest BCUT2D eigenvalue weighted by Gasteiger charge is -2.38. The molecule has 4 heteroatoms. The topological polar surface area (TPSA) is 32.8 Å². The zero-order valence-electron chi connectivity index (χ0n) is 11.6. The van der Waals surface area contributed by atoms with E-state index in [1.165, 1.54) is 0 Å². The molecule has 1 rings (SSSR count). The van der Waals surface area contributed by atoms with E-state index in [9.17, 15) is 4.79 Å². The van der Waals surface area contributed by atoms with E-state index in [4.69, 9.17) is 4.74 Å². The molecule has 0 aromatic carbocycles. The van der Waals surface area contributed by atoms with Crippen LogP contribution in [-0.4, -0.2) is 61.6 Å². The van der Waals surface area contributed by atoms with Gasteiger partial charge in [0.2, 0.25) is 0 Å². The Hall–Kier alpha value is -0.610. The van der Waals surface area contributed by atoms with Gasteiger partial charge in [-0.25, -0.2) is 0 Å². The summed E-state index contributed by atoms with van der Waals surface area (Å²) in [5.74, 6) is -0.0728. The van der Waals surface area contributed by atoms with Crippen LogP contribution in [0.4, 0.5) is 0 Å². The molecule has 0 bridgehead atoms. The van der Waals surface area contributed by atoms with E-state index < -0.39 is 0 Å². The highest BCUT2D eigenvalue weighted by atomic mass is 16.5. The monoisotopic (exact) mass is 242 g/mol. The fourth-order valence-electron chi connectivity index (χ4n) is 2.52. The fraction of sp³-hybridized carbons (Fsp3) is 0.923. The van der Waals surface area contributed by atoms with Gasteiger partial charge in [-0.2, -0.15) is 0 Å². The molecular weight excluding hydrogens is 216 g/mol. The largest absolute Gasteiger partial charge is 0.465 e. The third-order valence-corrected chi connectivity index (χ3v) is 3.70. The summed E-state index contributed by atoms with van der Waals surface area (Å²) < 4.78 is 5.14. The summed E-state index contributed by atoms with van der Waals surface area (Å²) in [5.41, 5.74) is 0. The maximum absolute atomic E-state index is 11.8. The fourth-order valence-corrected chi connectivity index (χ4v) is 2.52. The summed E-state index contributed by atoms with van der Waals surface area (Å²) in [6.07, 6.45) is 3.10. The van der Waals surface area contributed by atoms with Crippen molar-refractivity contribution in [2.75, 3.05) is 33.8 Å². The van der Waals surface area contributed by atoms with Gasteiger partial charge in [-0.15, -0.1) is 0 Å². The number of nitrogens with zero attached hydrogens (tertiary/aromatic N) is 2. The van der Waals surface area contributed by atoms with Gasteiger partial charge < -0.3 is 9.64 Å². The molecule has 1 unspecified atom stereocenters. The maximum Gasteiger partial charge on any atom is 0.323 e. The van der Waals surface area contributed by atoms with Crippen LogP contribution >= 0.6 is 0 Å². The Labute approximate surface area is 105 Å². The van der Waals surface area contributed by atoms with Crippen LogP contribution in [0.25, 0.3) is 0 Å². The molecule has 0 aliphatic carbocycles. The summed E-state index contributed by atoms with van der Waals surface area (Å²) >= 11 is 0. The number of hydrogen-bond acceptors (Lipinski definition) is 4. The molecule has 1 aliphatic rings. The standard InChI is InChI=1S/C13H26N2O2/c1-5-12(13(16)17-6-2)15(4)11-7-9-14(3)10-8-11/h11-12H,5-10H2,1-4H3. The molecule has 0 aromatic heterocycles. The van der Waals surface area contributed by atoms with Crippen molar-refractivity contribution < 1.29 is 9.53 Å². The molecule has 0 saturated carbocycles. The Kier molecular flexibility index (Phi) is 5.92. The number of hydrogen-bond donors (Lipinski definition) is 0. The number of carbonyl (C=O) groups is 1. The van der Waals surface area contributed by atoms with Crippen molar-refractivity contribution in [2.24, 2.45) is 0 Å². The minimum atomic E-state index is -0.0802. The van der Waals surface area contributed by atoms with Gasteiger partial charge in [0.05, 0.1) is 6.61 Å². The van der Waals surface area contributed by atoms with Crippen LogP contribution in [0.5, 0.6) is 0 Å². The lowest BCUT2D eigenvalue weighted by molar-refractivity contribution is -0.150. The van der Waals surface area contributed by atoms with Gasteiger partial charge in [0, 0.05) is 6.04 Å². The second-order valence-corrected chi connectivity index (χ2v) is 4.88. The summed E-state index contributed by atoms with van der Waals surface area (Å²) in [5, 5.41) is 0. The first-order valence-corrected chi connectivity index (χ1v) is 6.67. The molecule has 0 spiro atoms. The van der Waals surface area contributed by atoms with E-state index >= 15 is 0 Å². The van der Waals surface area contributed by atoms with Crippen LogP contribution in [-0.2, 0) is 9.53 Å². The highest BCUT2D eigenvalue weighted by molar-refractivity contribution is 5.75. The van der Waals surface area contributed by atoms with E-state index in [1.54, 1.807) is 0 Å². The van der Waals surface area contributed by atoms with Gasteiger partial charge in [-0.1, -0.05) is 6.92 Å². The van der Waals surface area contributed by atoms with Crippen molar-refractivity contribution in [1.82, 2.24) is 9.80 Å². The number of piperidine rings is 1. The molecule has 100 valence electrons. The van der Waals surface area contributed by atoms with Gasteiger partial charge in [0.25, 0.3) is 0 Å². The van der Waals surface area contributed by atoms with Crippen molar-refractivity contribution >= 4 is 5.97 Å². The van der Waals surface area contributed by atoms with Crippen LogP contribution in [0.1, 0.15) is 33.1 Å². The quantitative estimate of drug-likeness (QED) is 0.681. The number of ether oxygens (including phenoxy) is 1. The van der Waals surface area contributed by atoms with Crippen molar-refractivity contribution in [1.29, 1.82) is 0 Å². The number of likely N-dealkylation sites (N-methyl/N-ethyl adjacent to an activating group) is 1. The van der Waals surface area contributed by atoms with E-state index in [0.29, 0.717) is 12.6 Å². The highest BCUT2D eigenvalue weighted by Crippen LogP contribution is 2.18. The molecule has 4 nitrogen and oxygen atoms in total. The van der Waals surface area contributed by atoms with Crippen LogP contribution < -0.4 is 0 Å². The van der Waals surface area contributed by atoms with Gasteiger partial charge in [-0.3, -0.25) is 9.69 Å². The molecule has 1 atom stereocenters. The Morgan fingerprint density at radius 3 is 2.47 bits per heavy atom. The number of likely N-dealkylation sites (tertiary alicyclic amines) is 1. The summed E-state index contributed by atoms with van der Waals surface area (Å²) in [7, 11) is 4.21. The van der Waals surface area contributed by atoms with Crippen LogP contribution in [0, 0.1) is 0 Å². The predicted molar refractivity (Wildman–Crippen MR) is 69.0 cm³/mol. The second-order valence-electron chi connectivity index (χ2n) is 4.88. The molecule has 0 N–H and O–H groups in total. The molecule has 0 radical (unpaired) electrons. The van der Waals surface area contributed by atoms with Gasteiger partial charge >= 0.3 is 5.97 Å². The summed E-state index contributed by atoms with van der Waals surface area (Å²) in [4.78, 5) is 16.4. The normalized spacial score (nSPS) is 20.5. The second kappa shape index (κ2) is 6.97. The van der Waals surface area contributed by atoms with E-state index in [2.05, 4.69) is 23.9 Å². The number of esters is 1. The Morgan fingerprint density at radius 2 is 2.00 bits per heavy atom. The predicted octanol–water partition coefficient (Wildman–Crippen LogP) is 1.35. The Balaban J connectivity index is 2.53. The summed E-state index contributed by atoms with van der Waals surface area (Å²) in [6.45, 7) is 6.62. The zero-order valence-corrected chi connectivity index (χ0v) is 11.6. The first-order chi connectivity index (χ1) is 8.10. The lowest BCUT2D eigenvalue weighted by Crippen LogP contribution is -2.49. The third-order valence-electron chi connectivity index (χ3n) is 3.70. The van der Waals surface area contributed by atoms with E-state index in [1.807, 2.05) is 13.8 Å². The van der Waals surface area contributed by atoms with Crippen molar-refractivity contribution in [2.45, 2.75) is 45.2 Å². The molecule has 1 heterocycles. The molecule has 17 heavy (non-hydrogen) atoms. The molecular formula is C13H26N2O2. The molecule has 0 amide bonds. The average molecular weight is 242 g/mol. The molecule has 1 aliphatic heterocycles. The molecule has 1 fully saturated rings. The van der Waals surface area contributed by atoms with Crippen molar-refractivity contribution in [3.8, 4) is 0 Å². The van der Waals surface area contributed by atoms with Gasteiger partial charge in [0.1, 0.15) is 6.04 Å². The molecule has 1 saturated heterocycles. The van der Waals surface area contributed by atoms with E-state index in [0.717, 1.165) is 32.4 Å². The minimum Gasteiger partial charge on any atom is -0.465 e. The number of rotatable bonds is 5. The summed E-state index contributed by atoms with van der Waals surface area (Å²) in [6, 6.07) is 0.434. The lowest BCUT2D eigenvalue weighted by atomic mass is 10.0. The van der Waals surface area contributed by atoms with Gasteiger partial charge in [-0.05, 0) is 53.4 Å². The van der Waals surface area contributed by atoms with Crippen LogP contribution in [0.3, 0.4) is 0 Å². The average Bonchev–Trinajstić information content (AvgIpc) is 2.31. The first kappa shape index (κ1) is 14.5. The van der Waals surface area contributed by atoms with Crippen LogP contribution in [0.2, 0.25) is 0 Å². The SMILES string of the molecule is CCOC(=O)C(CC)N(C)C1CCN(C)CC1. The van der Waals surface area contributed by atoms with Crippen molar-refractivity contribution in [3.05, 3.63) is 0 Å². The third kappa shape index (κ3) is 3.96. The van der Waals surface area contributed by atoms with Gasteiger partial charge in [0.15, 0.2) is 0 Å². The minimum absolute atomic E-state index is 0.0728. The zero-order chi connectivity index (χ0) is 12.8. The highest BCUT2D eigenvalue weighted by Gasteiger charge is 2.29. The molecule has 0 aromatic rings. The Morgan fingerprint density at radius 1 is 1.41 bits per heavy atom. The maximum atomic E-state index is 11.8. The first-order valence-electron chi connectivity index (χ1n) is 6.67.